The first-order chi connectivity index (χ1) is 38.4. The quantitative estimate of drug-likeness (QED) is 0.0264. The maximum Gasteiger partial charge on any atom is 1.00 e. The van der Waals surface area contributed by atoms with Crippen LogP contribution in [0.25, 0.3) is 0 Å². The number of hydrogen-bond donors (Lipinski definition) is 1. The summed E-state index contributed by atoms with van der Waals surface area (Å²) in [5.41, 5.74) is 14.2. The Morgan fingerprint density at radius 1 is 0.659 bits per heavy atom. The van der Waals surface area contributed by atoms with E-state index in [1.807, 2.05) is 134 Å². The van der Waals surface area contributed by atoms with Crippen molar-refractivity contribution >= 4 is 101 Å². The molecule has 33 heteroatoms. The number of anilines is 4. The van der Waals surface area contributed by atoms with E-state index in [2.05, 4.69) is 10.5 Å². The first-order valence-electron chi connectivity index (χ1n) is 26.2. The molecule has 0 aromatic heterocycles. The molecule has 2 unspecified atom stereocenters. The Balaban J connectivity index is -0.00000126. The number of carbonyl (C=O) groups excluding carboxylic acids is 2. The molecule has 4 N–H and O–H groups in total. The van der Waals surface area contributed by atoms with Crippen molar-refractivity contribution in [3.05, 3.63) is 109 Å². The van der Waals surface area contributed by atoms with E-state index in [9.17, 15) is 61.5 Å². The molecule has 0 aliphatic carbocycles. The number of hydrazone groups is 1. The van der Waals surface area contributed by atoms with Crippen molar-refractivity contribution in [1.82, 2.24) is 5.01 Å². The average molecular weight is 1300 g/mol. The van der Waals surface area contributed by atoms with E-state index in [0.717, 1.165) is 28.3 Å². The van der Waals surface area contributed by atoms with Crippen molar-refractivity contribution < 1.29 is 195 Å². The van der Waals surface area contributed by atoms with Gasteiger partial charge < -0.3 is 44.0 Å². The second-order valence-electron chi connectivity index (χ2n) is 18.9. The molecule has 2 heterocycles. The molecular weight excluding hydrogens is 1220 g/mol. The Morgan fingerprint density at radius 2 is 1.06 bits per heavy atom. The molecule has 85 heavy (non-hydrogen) atoms. The Labute approximate surface area is 595 Å². The predicted octanol–water partition coefficient (Wildman–Crippen LogP) is -8.85. The van der Waals surface area contributed by atoms with Crippen molar-refractivity contribution in [1.29, 1.82) is 2.86 Å². The molecule has 4 aromatic carbocycles. The number of nitrogens with two attached hydrogens (primary N) is 1. The van der Waals surface area contributed by atoms with E-state index in [1.165, 1.54) is 0 Å². The van der Waals surface area contributed by atoms with Gasteiger partial charge in [0.05, 0.1) is 65.0 Å². The minimum atomic E-state index is -4.30. The Kier molecular flexibility index (Phi) is 40.6. The molecule has 0 saturated carbocycles. The van der Waals surface area contributed by atoms with E-state index in [4.69, 9.17) is 13.3 Å². The Bertz CT molecular complexity index is 3170. The van der Waals surface area contributed by atoms with Gasteiger partial charge in [0.15, 0.2) is 7.05 Å². The summed E-state index contributed by atoms with van der Waals surface area (Å²) in [6.07, 6.45) is 2.78. The van der Waals surface area contributed by atoms with Gasteiger partial charge >= 0.3 is 124 Å². The normalized spacial score (nSPS) is 15.7. The van der Waals surface area contributed by atoms with Gasteiger partial charge in [0.1, 0.15) is 17.5 Å². The number of ether oxygens (including phenoxy) is 1. The van der Waals surface area contributed by atoms with Crippen LogP contribution < -0.4 is 149 Å². The molecule has 0 spiro atoms. The van der Waals surface area contributed by atoms with Crippen molar-refractivity contribution in [2.45, 2.75) is 84.2 Å². The fourth-order valence-electron chi connectivity index (χ4n) is 8.43. The van der Waals surface area contributed by atoms with Gasteiger partial charge in [0.25, 0.3) is 5.91 Å². The number of hydrogen-bond acceptors (Lipinski definition) is 20. The molecule has 2 aliphatic heterocycles. The topological polar surface area (TPSA) is 361 Å². The zero-order valence-electron chi connectivity index (χ0n) is 52.2. The zero-order valence-corrected chi connectivity index (χ0v) is 61.5. The van der Waals surface area contributed by atoms with Gasteiger partial charge in [-0.1, -0.05) is 47.5 Å². The van der Waals surface area contributed by atoms with Gasteiger partial charge in [-0.3, -0.25) is 9.59 Å². The third-order valence-corrected chi connectivity index (χ3v) is 16.1. The molecule has 24 nitrogen and oxygen atoms in total. The minimum absolute atomic E-state index is 0. The van der Waals surface area contributed by atoms with Gasteiger partial charge in [-0.05, 0) is 125 Å². The number of amides is 2. The molecule has 2 atom stereocenters. The molecule has 3 radical (unpaired) electrons. The smallest absolute Gasteiger partial charge is 0.748 e. The van der Waals surface area contributed by atoms with Gasteiger partial charge in [0, 0.05) is 89.0 Å². The number of carbonyl (C=O) groups is 2. The van der Waals surface area contributed by atoms with Crippen LogP contribution in [0.5, 0.6) is 5.75 Å². The standard InChI is InChI=1S/C26H34N4O7S2.C15H25NO7S2.C11H15N3O.B.4Na.H2O/c1-20-19-23(29(15-7-9-17-38(32,33)34)16-8-10-18-39(35,36)37)13-14-24(20)27-25-21(2)28(3)30(26(25)31)22-11-5-4-6-12-22;1-23-15-8-6-7-14(13-15)16(9-2-4-11-24(17,18)19)10-3-5-12-25(20,21)22;1-8-10(12)11(15)14(13(8)2)9-6-4-3-5-7-9;;;;;;/h4-6,11-14,19H,7-10,15-18H2,1-3H3,(H-,32,33,34,35,36,37);6-8,13H,2-5,9-12H2,1H3,(H,17,18,19)(H,20,21,22);3-8,10H,12H2,1-2H3;;;;;;1H2/q;;;;4*+1;/p-3/i/hTD. The summed E-state index contributed by atoms with van der Waals surface area (Å²) in [6, 6.07) is 31.2. The summed E-state index contributed by atoms with van der Waals surface area (Å²) in [4.78, 5) is 33.7. The number of aliphatic imine (C=N–C) groups is 1. The van der Waals surface area contributed by atoms with Crippen LogP contribution >= 0.6 is 0 Å². The molecule has 1 fully saturated rings. The number of unbranched alkanes of at least 4 members (excludes halogenated alkanes) is 4. The number of para-hydroxylation sites is 2. The van der Waals surface area contributed by atoms with Crippen LogP contribution in [-0.2, 0) is 50.1 Å². The number of methoxy groups -OCH3 is 1. The van der Waals surface area contributed by atoms with Crippen molar-refractivity contribution in [3.8, 4) is 5.75 Å². The predicted molar refractivity (Wildman–Crippen MR) is 310 cm³/mol. The second-order valence-corrected chi connectivity index (χ2v) is 25.0. The second kappa shape index (κ2) is 41.5. The van der Waals surface area contributed by atoms with Crippen LogP contribution in [0.2, 0.25) is 0 Å². The summed E-state index contributed by atoms with van der Waals surface area (Å²) < 4.78 is 147. The number of aryl methyl sites for hydroxylation is 1. The Hall–Kier alpha value is -1.86. The number of hydrazine groups is 2. The number of likely N-dealkylation sites (N-methyl/N-ethyl adjacent to an activating group) is 1. The molecule has 4 aromatic rings. The zero-order chi connectivity index (χ0) is 61.4. The van der Waals surface area contributed by atoms with Crippen molar-refractivity contribution in [2.75, 3.05) is 90.2 Å². The first kappa shape index (κ1) is 83.1. The SMILES string of the molecule is CC1=[N+](C)N(c2ccccc2)C(=O)C1=Nc1ccc(N(CCCCS(=O)(=O)[O-])CCCCS(=O)(=O)[O-])cc1C.CC1C(N)C(=O)N(c2ccccc2)N1C.COc1cccc(N(CCCCS(=O)(=O)[O-])CCCCS(=O)(=O)[O-])c1.[2H]O[3H].[B].[Na+].[Na+].[Na+].[Na+]. The first-order valence-corrected chi connectivity index (χ1v) is 31.7. The molecule has 6 rings (SSSR count). The van der Waals surface area contributed by atoms with Crippen LogP contribution in [0.1, 0.15) is 70.8 Å². The van der Waals surface area contributed by atoms with Crippen LogP contribution in [0.15, 0.2) is 108 Å². The van der Waals surface area contributed by atoms with Gasteiger partial charge in [-0.2, -0.15) is 0 Å². The molecule has 2 aliphatic rings. The van der Waals surface area contributed by atoms with Gasteiger partial charge in [-0.25, -0.2) is 48.7 Å². The number of rotatable bonds is 26. The van der Waals surface area contributed by atoms with Crippen molar-refractivity contribution in [3.63, 3.8) is 0 Å². The van der Waals surface area contributed by atoms with E-state index in [-0.39, 0.29) is 170 Å². The van der Waals surface area contributed by atoms with E-state index >= 15 is 0 Å². The summed E-state index contributed by atoms with van der Waals surface area (Å²) in [7, 11) is -11.8. The third kappa shape index (κ3) is 30.7. The molecule has 447 valence electrons. The maximum atomic E-state index is 13.2. The van der Waals surface area contributed by atoms with Crippen LogP contribution in [0, 0.1) is 6.92 Å². The fraction of sp³-hybridized carbons (Fsp3) is 0.462. The van der Waals surface area contributed by atoms with E-state index in [1.54, 1.807) is 41.0 Å². The largest absolute Gasteiger partial charge is 1.00 e. The van der Waals surface area contributed by atoms with E-state index in [0.29, 0.717) is 74.7 Å². The summed E-state index contributed by atoms with van der Waals surface area (Å²) in [5.74, 6) is -1.36. The Morgan fingerprint density at radius 3 is 1.42 bits per heavy atom. The van der Waals surface area contributed by atoms with Crippen LogP contribution in [-0.4, -0.2) is 184 Å². The number of nitrogens with zero attached hydrogens (tertiary/aromatic N) is 7. The van der Waals surface area contributed by atoms with Crippen molar-refractivity contribution in [2.24, 2.45) is 10.7 Å². The maximum absolute atomic E-state index is 13.2. The van der Waals surface area contributed by atoms with E-state index < -0.39 is 69.5 Å². The molecule has 1 saturated heterocycles. The third-order valence-electron chi connectivity index (χ3n) is 12.9. The van der Waals surface area contributed by atoms with Crippen LogP contribution in [0.4, 0.5) is 28.4 Å². The minimum Gasteiger partial charge on any atom is -0.748 e. The molecule has 2 amide bonds. The summed E-state index contributed by atoms with van der Waals surface area (Å²) in [6.45, 7) is 7.53. The van der Waals surface area contributed by atoms with Crippen LogP contribution in [0.3, 0.4) is 0 Å². The summed E-state index contributed by atoms with van der Waals surface area (Å²) in [5, 5.41) is 5.07. The van der Waals surface area contributed by atoms with Gasteiger partial charge in [0.2, 0.25) is 14.3 Å². The average Bonchev–Trinajstić information content (AvgIpc) is 3.80. The monoisotopic (exact) mass is 1300 g/mol. The molecular formula is C52H73BN8Na4O16S4+. The van der Waals surface area contributed by atoms with Gasteiger partial charge in [-0.15, -0.1) is 4.68 Å². The fourth-order valence-corrected chi connectivity index (χ4v) is 10.7. The summed E-state index contributed by atoms with van der Waals surface area (Å²) >= 11 is 0. The number of benzene rings is 4. The molecule has 0 bridgehead atoms.